The number of hydrogen-bond acceptors (Lipinski definition) is 10. The van der Waals surface area contributed by atoms with Gasteiger partial charge in [-0.2, -0.15) is 4.52 Å². The molecule has 0 atom stereocenters. The quantitative estimate of drug-likeness (QED) is 0.557. The van der Waals surface area contributed by atoms with E-state index in [2.05, 4.69) is 25.2 Å². The molecule has 32 heavy (non-hydrogen) atoms. The normalized spacial score (nSPS) is 10.8. The van der Waals surface area contributed by atoms with Crippen LogP contribution in [0.4, 0.5) is 0 Å². The monoisotopic (exact) mass is 444 g/mol. The molecule has 0 amide bonds. The molecule has 0 saturated carbocycles. The van der Waals surface area contributed by atoms with Gasteiger partial charge in [0.15, 0.2) is 11.4 Å². The van der Waals surface area contributed by atoms with E-state index < -0.39 is 17.5 Å². The average molecular weight is 444 g/mol. The standard InChI is InChI=1S/C13H19NO2.C7H5N5O4/c1-9-7-10(8-14)5-6-11(9)12(15)16-13(2,3)4;1-16-6(15)4-2-3(5(13)14)8-7-9-10-11-12(4)7/h5-7H,8,14H2,1-4H3;2H,1H3,(H,13,14). The van der Waals surface area contributed by atoms with Crippen LogP contribution >= 0.6 is 0 Å². The number of benzene rings is 1. The molecule has 12 nitrogen and oxygen atoms in total. The number of methoxy groups -OCH3 is 1. The molecule has 170 valence electrons. The Labute approximate surface area is 183 Å². The molecular weight excluding hydrogens is 420 g/mol. The van der Waals surface area contributed by atoms with E-state index in [4.69, 9.17) is 15.6 Å². The molecule has 12 heteroatoms. The van der Waals surface area contributed by atoms with Gasteiger partial charge in [-0.3, -0.25) is 0 Å². The molecule has 0 unspecified atom stereocenters. The van der Waals surface area contributed by atoms with Crippen LogP contribution in [0.5, 0.6) is 0 Å². The fourth-order valence-electron chi connectivity index (χ4n) is 2.51. The number of hydrogen-bond donors (Lipinski definition) is 2. The maximum absolute atomic E-state index is 11.8. The lowest BCUT2D eigenvalue weighted by atomic mass is 10.0. The number of carbonyl (C=O) groups excluding carboxylic acids is 2. The predicted octanol–water partition coefficient (Wildman–Crippen LogP) is 1.41. The molecular formula is C20H24N6O6. The highest BCUT2D eigenvalue weighted by atomic mass is 16.6. The third-order valence-corrected chi connectivity index (χ3v) is 3.93. The summed E-state index contributed by atoms with van der Waals surface area (Å²) in [6.45, 7) is 7.94. The van der Waals surface area contributed by atoms with Gasteiger partial charge < -0.3 is 20.3 Å². The number of nitrogens with two attached hydrogens (primary N) is 1. The van der Waals surface area contributed by atoms with Crippen molar-refractivity contribution in [1.29, 1.82) is 0 Å². The molecule has 2 aromatic heterocycles. The van der Waals surface area contributed by atoms with Crippen molar-refractivity contribution in [2.75, 3.05) is 7.11 Å². The third-order valence-electron chi connectivity index (χ3n) is 3.93. The SMILES string of the molecule is COC(=O)c1cc(C(=O)O)nc2nnnn12.Cc1cc(CN)ccc1C(=O)OC(C)(C)C. The van der Waals surface area contributed by atoms with Crippen LogP contribution in [0.25, 0.3) is 5.78 Å². The number of carbonyl (C=O) groups is 3. The molecule has 0 fully saturated rings. The lowest BCUT2D eigenvalue weighted by Crippen LogP contribution is -2.24. The highest BCUT2D eigenvalue weighted by molar-refractivity contribution is 5.92. The number of ether oxygens (including phenoxy) is 2. The van der Waals surface area contributed by atoms with Crippen molar-refractivity contribution >= 4 is 23.7 Å². The number of aryl methyl sites for hydroxylation is 1. The summed E-state index contributed by atoms with van der Waals surface area (Å²) in [6, 6.07) is 6.58. The Balaban J connectivity index is 0.000000227. The molecule has 0 bridgehead atoms. The second-order valence-electron chi connectivity index (χ2n) is 7.57. The topological polar surface area (TPSA) is 172 Å². The number of aromatic nitrogens is 5. The van der Waals surface area contributed by atoms with Gasteiger partial charge in [-0.25, -0.2) is 19.4 Å². The summed E-state index contributed by atoms with van der Waals surface area (Å²) in [5.41, 5.74) is 7.16. The average Bonchev–Trinajstić information content (AvgIpc) is 3.20. The van der Waals surface area contributed by atoms with E-state index in [9.17, 15) is 14.4 Å². The van der Waals surface area contributed by atoms with Gasteiger partial charge >= 0.3 is 17.9 Å². The molecule has 3 N–H and O–H groups in total. The fraction of sp³-hybridized carbons (Fsp3) is 0.350. The van der Waals surface area contributed by atoms with Crippen LogP contribution in [-0.2, 0) is 16.0 Å². The van der Waals surface area contributed by atoms with Gasteiger partial charge in [-0.05, 0) is 55.3 Å². The summed E-state index contributed by atoms with van der Waals surface area (Å²) in [6.07, 6.45) is 0. The summed E-state index contributed by atoms with van der Waals surface area (Å²) >= 11 is 0. The number of aromatic carboxylic acids is 1. The lowest BCUT2D eigenvalue weighted by molar-refractivity contribution is 0.00683. The second kappa shape index (κ2) is 9.92. The minimum Gasteiger partial charge on any atom is -0.477 e. The Kier molecular flexibility index (Phi) is 7.54. The number of carboxylic acid groups (broad SMARTS) is 1. The first kappa shape index (κ1) is 24.3. The maximum Gasteiger partial charge on any atom is 0.357 e. The first-order valence-electron chi connectivity index (χ1n) is 9.40. The number of tetrazole rings is 1. The molecule has 0 aliphatic carbocycles. The first-order valence-corrected chi connectivity index (χ1v) is 9.40. The van der Waals surface area contributed by atoms with Gasteiger partial charge in [-0.15, -0.1) is 0 Å². The van der Waals surface area contributed by atoms with Crippen molar-refractivity contribution < 1.29 is 29.0 Å². The van der Waals surface area contributed by atoms with Crippen molar-refractivity contribution in [3.8, 4) is 0 Å². The molecule has 0 spiro atoms. The Hall–Kier alpha value is -3.93. The van der Waals surface area contributed by atoms with Crippen molar-refractivity contribution in [2.24, 2.45) is 5.73 Å². The maximum atomic E-state index is 11.8. The minimum absolute atomic E-state index is 0.0831. The summed E-state index contributed by atoms with van der Waals surface area (Å²) < 4.78 is 10.8. The van der Waals surface area contributed by atoms with Crippen LogP contribution in [0, 0.1) is 6.92 Å². The van der Waals surface area contributed by atoms with E-state index in [-0.39, 0.29) is 23.1 Å². The Morgan fingerprint density at radius 3 is 2.38 bits per heavy atom. The van der Waals surface area contributed by atoms with E-state index in [1.54, 1.807) is 6.07 Å². The highest BCUT2D eigenvalue weighted by Crippen LogP contribution is 2.16. The van der Waals surface area contributed by atoms with Gasteiger partial charge in [0.2, 0.25) is 0 Å². The van der Waals surface area contributed by atoms with E-state index in [0.29, 0.717) is 12.1 Å². The van der Waals surface area contributed by atoms with Crippen molar-refractivity contribution in [2.45, 2.75) is 39.8 Å². The van der Waals surface area contributed by atoms with Gasteiger partial charge in [0.05, 0.1) is 12.7 Å². The summed E-state index contributed by atoms with van der Waals surface area (Å²) in [5.74, 6) is -2.40. The Bertz CT molecular complexity index is 1150. The third kappa shape index (κ3) is 6.04. The van der Waals surface area contributed by atoms with E-state index in [1.165, 1.54) is 7.11 Å². The molecule has 0 aliphatic rings. The molecule has 3 rings (SSSR count). The first-order chi connectivity index (χ1) is 15.0. The van der Waals surface area contributed by atoms with Crippen LogP contribution in [0.15, 0.2) is 24.3 Å². The van der Waals surface area contributed by atoms with Crippen molar-refractivity contribution in [1.82, 2.24) is 25.0 Å². The lowest BCUT2D eigenvalue weighted by Gasteiger charge is -2.20. The van der Waals surface area contributed by atoms with Crippen molar-refractivity contribution in [3.63, 3.8) is 0 Å². The summed E-state index contributed by atoms with van der Waals surface area (Å²) in [7, 11) is 1.17. The fourth-order valence-corrected chi connectivity index (χ4v) is 2.51. The number of carboxylic acids is 1. The van der Waals surface area contributed by atoms with Crippen LogP contribution in [0.2, 0.25) is 0 Å². The number of esters is 2. The predicted molar refractivity (Wildman–Crippen MR) is 111 cm³/mol. The van der Waals surface area contributed by atoms with Crippen LogP contribution in [0.3, 0.4) is 0 Å². The minimum atomic E-state index is -1.28. The summed E-state index contributed by atoms with van der Waals surface area (Å²) in [4.78, 5) is 37.5. The van der Waals surface area contributed by atoms with Gasteiger partial charge in [0, 0.05) is 12.6 Å². The zero-order valence-electron chi connectivity index (χ0n) is 18.3. The van der Waals surface area contributed by atoms with Crippen LogP contribution < -0.4 is 5.73 Å². The smallest absolute Gasteiger partial charge is 0.357 e. The highest BCUT2D eigenvalue weighted by Gasteiger charge is 2.19. The number of nitrogens with zero attached hydrogens (tertiary/aromatic N) is 5. The molecule has 0 radical (unpaired) electrons. The molecule has 2 heterocycles. The largest absolute Gasteiger partial charge is 0.477 e. The van der Waals surface area contributed by atoms with Gasteiger partial charge in [0.25, 0.3) is 5.78 Å². The molecule has 3 aromatic rings. The second-order valence-corrected chi connectivity index (χ2v) is 7.57. The van der Waals surface area contributed by atoms with Crippen molar-refractivity contribution in [3.05, 3.63) is 52.3 Å². The van der Waals surface area contributed by atoms with Gasteiger partial charge in [-0.1, -0.05) is 17.2 Å². The molecule has 0 saturated heterocycles. The zero-order chi connectivity index (χ0) is 24.1. The summed E-state index contributed by atoms with van der Waals surface area (Å²) in [5, 5.41) is 19.0. The Morgan fingerprint density at radius 2 is 1.84 bits per heavy atom. The zero-order valence-corrected chi connectivity index (χ0v) is 18.3. The molecule has 1 aromatic carbocycles. The van der Waals surface area contributed by atoms with E-state index in [0.717, 1.165) is 21.7 Å². The number of rotatable bonds is 4. The Morgan fingerprint density at radius 1 is 1.16 bits per heavy atom. The van der Waals surface area contributed by atoms with Gasteiger partial charge in [0.1, 0.15) is 5.60 Å². The molecule has 0 aliphatic heterocycles. The van der Waals surface area contributed by atoms with Crippen LogP contribution in [0.1, 0.15) is 63.2 Å². The van der Waals surface area contributed by atoms with Crippen LogP contribution in [-0.4, -0.2) is 60.8 Å². The van der Waals surface area contributed by atoms with E-state index >= 15 is 0 Å². The van der Waals surface area contributed by atoms with E-state index in [1.807, 2.05) is 39.8 Å². The number of fused-ring (bicyclic) bond motifs is 1.